The molecule has 22 heavy (non-hydrogen) atoms. The van der Waals surface area contributed by atoms with Crippen LogP contribution in [0.3, 0.4) is 0 Å². The first kappa shape index (κ1) is 15.7. The molecule has 0 atom stereocenters. The third kappa shape index (κ3) is 5.02. The van der Waals surface area contributed by atoms with E-state index in [-0.39, 0.29) is 12.2 Å². The fourth-order valence-electron chi connectivity index (χ4n) is 2.11. The number of carboxylic acids is 1. The van der Waals surface area contributed by atoms with Crippen molar-refractivity contribution < 1.29 is 14.7 Å². The molecule has 0 aromatic heterocycles. The van der Waals surface area contributed by atoms with Gasteiger partial charge in [-0.05, 0) is 30.0 Å². The van der Waals surface area contributed by atoms with Crippen molar-refractivity contribution in [2.24, 2.45) is 0 Å². The summed E-state index contributed by atoms with van der Waals surface area (Å²) in [7, 11) is 0. The maximum Gasteiger partial charge on any atom is 0.303 e. The standard InChI is InChI=1S/C19H18O3/c20-18(14-11-15-5-2-1-3-6-15)17-12-9-16(10-13-17)7-4-8-19(21)22/h1-3,5-6,9-14H,4,7-8H2,(H,21,22)/b14-11+. The fourth-order valence-corrected chi connectivity index (χ4v) is 2.11. The van der Waals surface area contributed by atoms with Gasteiger partial charge in [-0.1, -0.05) is 60.7 Å². The van der Waals surface area contributed by atoms with Crippen molar-refractivity contribution in [2.75, 3.05) is 0 Å². The average Bonchev–Trinajstić information content (AvgIpc) is 2.54. The molecule has 0 aliphatic rings. The van der Waals surface area contributed by atoms with E-state index < -0.39 is 5.97 Å². The van der Waals surface area contributed by atoms with E-state index in [0.717, 1.165) is 11.1 Å². The molecule has 2 aromatic rings. The minimum absolute atomic E-state index is 0.0408. The number of carbonyl (C=O) groups is 2. The van der Waals surface area contributed by atoms with Gasteiger partial charge in [-0.15, -0.1) is 0 Å². The van der Waals surface area contributed by atoms with Crippen LogP contribution in [0.1, 0.15) is 34.3 Å². The summed E-state index contributed by atoms with van der Waals surface area (Å²) in [5, 5.41) is 8.61. The first-order valence-corrected chi connectivity index (χ1v) is 7.23. The Kier molecular flexibility index (Phi) is 5.66. The molecule has 0 amide bonds. The molecule has 2 rings (SSSR count). The van der Waals surface area contributed by atoms with Crippen LogP contribution in [-0.4, -0.2) is 16.9 Å². The van der Waals surface area contributed by atoms with Gasteiger partial charge in [-0.2, -0.15) is 0 Å². The van der Waals surface area contributed by atoms with Gasteiger partial charge in [0.1, 0.15) is 0 Å². The highest BCUT2D eigenvalue weighted by atomic mass is 16.4. The van der Waals surface area contributed by atoms with E-state index in [1.54, 1.807) is 24.3 Å². The summed E-state index contributed by atoms with van der Waals surface area (Å²) in [6.45, 7) is 0. The number of hydrogen-bond donors (Lipinski definition) is 1. The zero-order valence-corrected chi connectivity index (χ0v) is 12.2. The normalized spacial score (nSPS) is 10.7. The van der Waals surface area contributed by atoms with Crippen LogP contribution in [0.5, 0.6) is 0 Å². The maximum absolute atomic E-state index is 12.1. The third-order valence-corrected chi connectivity index (χ3v) is 3.32. The average molecular weight is 294 g/mol. The number of allylic oxidation sites excluding steroid dienone is 1. The van der Waals surface area contributed by atoms with Gasteiger partial charge in [0, 0.05) is 12.0 Å². The van der Waals surface area contributed by atoms with Crippen LogP contribution >= 0.6 is 0 Å². The van der Waals surface area contributed by atoms with Crippen LogP contribution in [0.2, 0.25) is 0 Å². The topological polar surface area (TPSA) is 54.4 Å². The predicted molar refractivity (Wildman–Crippen MR) is 86.8 cm³/mol. The Morgan fingerprint density at radius 2 is 1.64 bits per heavy atom. The Morgan fingerprint density at radius 3 is 2.27 bits per heavy atom. The molecule has 0 saturated heterocycles. The molecule has 3 nitrogen and oxygen atoms in total. The molecule has 1 N–H and O–H groups in total. The minimum atomic E-state index is -0.780. The van der Waals surface area contributed by atoms with Crippen LogP contribution in [0.15, 0.2) is 60.7 Å². The van der Waals surface area contributed by atoms with Gasteiger partial charge in [0.2, 0.25) is 0 Å². The number of ketones is 1. The summed E-state index contributed by atoms with van der Waals surface area (Å²) >= 11 is 0. The molecule has 112 valence electrons. The van der Waals surface area contributed by atoms with Gasteiger partial charge in [-0.25, -0.2) is 0 Å². The van der Waals surface area contributed by atoms with E-state index in [9.17, 15) is 9.59 Å². The van der Waals surface area contributed by atoms with Crippen LogP contribution in [0.25, 0.3) is 6.08 Å². The van der Waals surface area contributed by atoms with Crippen LogP contribution in [0.4, 0.5) is 0 Å². The number of benzene rings is 2. The van der Waals surface area contributed by atoms with Crippen molar-refractivity contribution in [3.63, 3.8) is 0 Å². The molecule has 0 aliphatic carbocycles. The molecule has 2 aromatic carbocycles. The molecule has 3 heteroatoms. The highest BCUT2D eigenvalue weighted by molar-refractivity contribution is 6.06. The zero-order valence-electron chi connectivity index (χ0n) is 12.2. The zero-order chi connectivity index (χ0) is 15.8. The Morgan fingerprint density at radius 1 is 0.955 bits per heavy atom. The Balaban J connectivity index is 1.93. The van der Waals surface area contributed by atoms with Gasteiger partial charge in [0.25, 0.3) is 0 Å². The number of rotatable bonds is 7. The van der Waals surface area contributed by atoms with Gasteiger partial charge >= 0.3 is 5.97 Å². The molecule has 0 aliphatic heterocycles. The fraction of sp³-hybridized carbons (Fsp3) is 0.158. The monoisotopic (exact) mass is 294 g/mol. The van der Waals surface area contributed by atoms with Crippen LogP contribution < -0.4 is 0 Å². The first-order valence-electron chi connectivity index (χ1n) is 7.23. The molecule has 0 radical (unpaired) electrons. The summed E-state index contributed by atoms with van der Waals surface area (Å²) < 4.78 is 0. The lowest BCUT2D eigenvalue weighted by Gasteiger charge is -2.01. The third-order valence-electron chi connectivity index (χ3n) is 3.32. The van der Waals surface area contributed by atoms with Crippen LogP contribution in [0, 0.1) is 0 Å². The Bertz CT molecular complexity index is 655. The number of aliphatic carboxylic acids is 1. The molecular weight excluding hydrogens is 276 g/mol. The molecule has 0 saturated carbocycles. The van der Waals surface area contributed by atoms with Crippen molar-refractivity contribution in [3.05, 3.63) is 77.4 Å². The summed E-state index contributed by atoms with van der Waals surface area (Å²) in [5.41, 5.74) is 2.67. The van der Waals surface area contributed by atoms with E-state index in [1.165, 1.54) is 0 Å². The molecule has 0 fully saturated rings. The van der Waals surface area contributed by atoms with E-state index >= 15 is 0 Å². The van der Waals surface area contributed by atoms with E-state index in [4.69, 9.17) is 5.11 Å². The van der Waals surface area contributed by atoms with Crippen molar-refractivity contribution in [3.8, 4) is 0 Å². The highest BCUT2D eigenvalue weighted by Crippen LogP contribution is 2.10. The van der Waals surface area contributed by atoms with Crippen LogP contribution in [-0.2, 0) is 11.2 Å². The maximum atomic E-state index is 12.1. The van der Waals surface area contributed by atoms with E-state index in [2.05, 4.69) is 0 Å². The smallest absolute Gasteiger partial charge is 0.303 e. The second kappa shape index (κ2) is 7.93. The van der Waals surface area contributed by atoms with Gasteiger partial charge in [0.15, 0.2) is 5.78 Å². The van der Waals surface area contributed by atoms with Gasteiger partial charge < -0.3 is 5.11 Å². The highest BCUT2D eigenvalue weighted by Gasteiger charge is 2.03. The number of carbonyl (C=O) groups excluding carboxylic acids is 1. The Hall–Kier alpha value is -2.68. The molecule has 0 unspecified atom stereocenters. The minimum Gasteiger partial charge on any atom is -0.481 e. The lowest BCUT2D eigenvalue weighted by molar-refractivity contribution is -0.137. The summed E-state index contributed by atoms with van der Waals surface area (Å²) in [6, 6.07) is 17.0. The van der Waals surface area contributed by atoms with Crippen molar-refractivity contribution in [1.82, 2.24) is 0 Å². The largest absolute Gasteiger partial charge is 0.481 e. The summed E-state index contributed by atoms with van der Waals surface area (Å²) in [6.07, 6.45) is 4.84. The molecular formula is C19H18O3. The van der Waals surface area contributed by atoms with Crippen molar-refractivity contribution in [1.29, 1.82) is 0 Å². The lowest BCUT2D eigenvalue weighted by Crippen LogP contribution is -1.97. The van der Waals surface area contributed by atoms with Gasteiger partial charge in [-0.3, -0.25) is 9.59 Å². The number of hydrogen-bond acceptors (Lipinski definition) is 2. The summed E-state index contributed by atoms with van der Waals surface area (Å²) in [5.74, 6) is -0.821. The van der Waals surface area contributed by atoms with E-state index in [1.807, 2.05) is 42.5 Å². The Labute approximate surface area is 129 Å². The second-order valence-corrected chi connectivity index (χ2v) is 5.05. The van der Waals surface area contributed by atoms with E-state index in [0.29, 0.717) is 18.4 Å². The van der Waals surface area contributed by atoms with Crippen molar-refractivity contribution in [2.45, 2.75) is 19.3 Å². The molecule has 0 spiro atoms. The second-order valence-electron chi connectivity index (χ2n) is 5.05. The van der Waals surface area contributed by atoms with Gasteiger partial charge in [0.05, 0.1) is 0 Å². The number of aryl methyl sites for hydroxylation is 1. The molecule has 0 heterocycles. The SMILES string of the molecule is O=C(O)CCCc1ccc(C(=O)/C=C/c2ccccc2)cc1. The summed E-state index contributed by atoms with van der Waals surface area (Å²) in [4.78, 5) is 22.5. The first-order chi connectivity index (χ1) is 10.6. The molecule has 0 bridgehead atoms. The van der Waals surface area contributed by atoms with Crippen molar-refractivity contribution >= 4 is 17.8 Å². The quantitative estimate of drug-likeness (QED) is 0.620. The lowest BCUT2D eigenvalue weighted by atomic mass is 10.0. The number of carboxylic acid groups (broad SMARTS) is 1. The predicted octanol–water partition coefficient (Wildman–Crippen LogP) is 3.99.